The molecule has 1 fully saturated rings. The van der Waals surface area contributed by atoms with Gasteiger partial charge in [0.05, 0.1) is 17.9 Å². The predicted molar refractivity (Wildman–Crippen MR) is 87.6 cm³/mol. The molecular weight excluding hydrogens is 310 g/mol. The van der Waals surface area contributed by atoms with Crippen LogP contribution in [0.15, 0.2) is 6.20 Å². The zero-order valence-electron chi connectivity index (χ0n) is 14.0. The van der Waals surface area contributed by atoms with E-state index in [1.165, 1.54) is 6.20 Å². The Balaban J connectivity index is 1.76. The fourth-order valence-electron chi connectivity index (χ4n) is 2.87. The van der Waals surface area contributed by atoms with Gasteiger partial charge in [-0.3, -0.25) is 0 Å². The minimum Gasteiger partial charge on any atom is -0.483 e. The van der Waals surface area contributed by atoms with Crippen LogP contribution < -0.4 is 15.8 Å². The fourth-order valence-corrected chi connectivity index (χ4v) is 2.87. The standard InChI is InChI=1S/C16H21N5O3/c1-16(2,3)24-15(22)21-5-4-12-11(8-21)20-14-13(23-12)9(6-17)10(18)7-19-14/h7,11-12H,4-5,8,18H2,1-3H3,(H,19,20)/t11-,12+/m1/s1. The molecule has 1 saturated heterocycles. The van der Waals surface area contributed by atoms with Crippen LogP contribution in [0.5, 0.6) is 5.75 Å². The number of fused-ring (bicyclic) bond motifs is 2. The first-order chi connectivity index (χ1) is 11.3. The predicted octanol–water partition coefficient (Wildman–Crippen LogP) is 1.72. The number of nitrogens with two attached hydrogens (primary N) is 1. The number of carbonyl (C=O) groups excluding carboxylic acids is 1. The maximum absolute atomic E-state index is 12.2. The van der Waals surface area contributed by atoms with Gasteiger partial charge in [-0.05, 0) is 20.8 Å². The first-order valence-corrected chi connectivity index (χ1v) is 7.88. The van der Waals surface area contributed by atoms with Gasteiger partial charge in [0.25, 0.3) is 0 Å². The van der Waals surface area contributed by atoms with Crippen LogP contribution in [0.2, 0.25) is 0 Å². The van der Waals surface area contributed by atoms with Gasteiger partial charge in [0.2, 0.25) is 0 Å². The number of piperidine rings is 1. The highest BCUT2D eigenvalue weighted by Crippen LogP contribution is 2.37. The summed E-state index contributed by atoms with van der Waals surface area (Å²) in [5.74, 6) is 0.873. The van der Waals surface area contributed by atoms with Crippen molar-refractivity contribution in [1.82, 2.24) is 9.88 Å². The number of amides is 1. The first kappa shape index (κ1) is 16.2. The van der Waals surface area contributed by atoms with Crippen LogP contribution in [0, 0.1) is 11.3 Å². The number of nitrogens with zero attached hydrogens (tertiary/aromatic N) is 3. The molecule has 1 amide bonds. The normalized spacial score (nSPS) is 22.3. The zero-order valence-corrected chi connectivity index (χ0v) is 14.0. The van der Waals surface area contributed by atoms with Gasteiger partial charge in [0.15, 0.2) is 11.6 Å². The maximum Gasteiger partial charge on any atom is 0.410 e. The highest BCUT2D eigenvalue weighted by atomic mass is 16.6. The number of ether oxygens (including phenoxy) is 2. The molecule has 0 unspecified atom stereocenters. The highest BCUT2D eigenvalue weighted by Gasteiger charge is 2.39. The summed E-state index contributed by atoms with van der Waals surface area (Å²) in [6.45, 7) is 6.51. The Morgan fingerprint density at radius 3 is 3.00 bits per heavy atom. The molecule has 0 aliphatic carbocycles. The number of nitriles is 1. The van der Waals surface area contributed by atoms with Crippen LogP contribution in [0.1, 0.15) is 32.8 Å². The summed E-state index contributed by atoms with van der Waals surface area (Å²) in [6, 6.07) is 1.95. The third-order valence-corrected chi connectivity index (χ3v) is 3.97. The van der Waals surface area contributed by atoms with Crippen LogP contribution in [0.3, 0.4) is 0 Å². The van der Waals surface area contributed by atoms with Gasteiger partial charge in [0.1, 0.15) is 23.3 Å². The monoisotopic (exact) mass is 331 g/mol. The maximum atomic E-state index is 12.2. The van der Waals surface area contributed by atoms with Crippen molar-refractivity contribution in [3.8, 4) is 11.8 Å². The molecule has 2 atom stereocenters. The largest absolute Gasteiger partial charge is 0.483 e. The second-order valence-corrected chi connectivity index (χ2v) is 7.00. The lowest BCUT2D eigenvalue weighted by Crippen LogP contribution is -2.56. The van der Waals surface area contributed by atoms with Crippen molar-refractivity contribution in [1.29, 1.82) is 5.26 Å². The Kier molecular flexibility index (Phi) is 3.87. The molecule has 128 valence electrons. The van der Waals surface area contributed by atoms with Crippen LogP contribution in [0.25, 0.3) is 0 Å². The summed E-state index contributed by atoms with van der Waals surface area (Å²) < 4.78 is 11.4. The number of nitrogens with one attached hydrogen (secondary N) is 1. The molecule has 24 heavy (non-hydrogen) atoms. The second-order valence-electron chi connectivity index (χ2n) is 7.00. The molecule has 0 saturated carbocycles. The fraction of sp³-hybridized carbons (Fsp3) is 0.562. The second kappa shape index (κ2) is 5.74. The minimum absolute atomic E-state index is 0.110. The van der Waals surface area contributed by atoms with Crippen molar-refractivity contribution in [2.45, 2.75) is 44.9 Å². The molecule has 2 aliphatic rings. The molecule has 8 heteroatoms. The lowest BCUT2D eigenvalue weighted by Gasteiger charge is -2.42. The van der Waals surface area contributed by atoms with Crippen molar-refractivity contribution >= 4 is 17.6 Å². The van der Waals surface area contributed by atoms with Crippen LogP contribution in [0.4, 0.5) is 16.3 Å². The molecule has 8 nitrogen and oxygen atoms in total. The number of hydrogen-bond acceptors (Lipinski definition) is 7. The number of hydrogen-bond donors (Lipinski definition) is 2. The number of nitrogen functional groups attached to an aromatic ring is 1. The molecule has 3 N–H and O–H groups in total. The number of aromatic nitrogens is 1. The number of rotatable bonds is 0. The van der Waals surface area contributed by atoms with E-state index in [9.17, 15) is 10.1 Å². The van der Waals surface area contributed by atoms with E-state index in [1.807, 2.05) is 20.8 Å². The molecule has 1 aromatic heterocycles. The Morgan fingerprint density at radius 1 is 1.58 bits per heavy atom. The zero-order chi connectivity index (χ0) is 17.5. The number of carbonyl (C=O) groups is 1. The van der Waals surface area contributed by atoms with E-state index in [4.69, 9.17) is 15.2 Å². The van der Waals surface area contributed by atoms with Crippen molar-refractivity contribution < 1.29 is 14.3 Å². The van der Waals surface area contributed by atoms with Gasteiger partial charge in [-0.25, -0.2) is 9.78 Å². The SMILES string of the molecule is CC(C)(C)OC(=O)N1CC[C@@H]2Oc3c(ncc(N)c3C#N)N[C@@H]2C1. The van der Waals surface area contributed by atoms with Crippen LogP contribution >= 0.6 is 0 Å². The summed E-state index contributed by atoms with van der Waals surface area (Å²) in [7, 11) is 0. The van der Waals surface area contributed by atoms with Crippen molar-refractivity contribution in [2.24, 2.45) is 0 Å². The van der Waals surface area contributed by atoms with Gasteiger partial charge in [-0.15, -0.1) is 0 Å². The molecule has 0 bridgehead atoms. The quantitative estimate of drug-likeness (QED) is 0.744. The Labute approximate surface area is 140 Å². The number of anilines is 2. The van der Waals surface area contributed by atoms with Crippen molar-refractivity contribution in [3.63, 3.8) is 0 Å². The number of pyridine rings is 1. The van der Waals surface area contributed by atoms with E-state index in [0.717, 1.165) is 0 Å². The minimum atomic E-state index is -0.530. The third-order valence-electron chi connectivity index (χ3n) is 3.97. The van der Waals surface area contributed by atoms with E-state index in [-0.39, 0.29) is 18.2 Å². The van der Waals surface area contributed by atoms with Gasteiger partial charge >= 0.3 is 6.09 Å². The Hall–Kier alpha value is -2.69. The van der Waals surface area contributed by atoms with Crippen LogP contribution in [-0.4, -0.2) is 46.8 Å². The highest BCUT2D eigenvalue weighted by molar-refractivity contribution is 5.71. The van der Waals surface area contributed by atoms with E-state index in [2.05, 4.69) is 16.4 Å². The summed E-state index contributed by atoms with van der Waals surface area (Å²) in [5, 5.41) is 12.5. The molecule has 0 spiro atoms. The molecule has 3 heterocycles. The Morgan fingerprint density at radius 2 is 2.33 bits per heavy atom. The lowest BCUT2D eigenvalue weighted by atomic mass is 10.00. The lowest BCUT2D eigenvalue weighted by molar-refractivity contribution is 0.00866. The molecule has 0 aromatic carbocycles. The van der Waals surface area contributed by atoms with Crippen LogP contribution in [-0.2, 0) is 4.74 Å². The van der Waals surface area contributed by atoms with E-state index >= 15 is 0 Å². The van der Waals surface area contributed by atoms with Gasteiger partial charge in [-0.1, -0.05) is 0 Å². The van der Waals surface area contributed by atoms with Crippen molar-refractivity contribution in [2.75, 3.05) is 24.1 Å². The molecule has 3 rings (SSSR count). The molecule has 1 aromatic rings. The third kappa shape index (κ3) is 3.02. The summed E-state index contributed by atoms with van der Waals surface area (Å²) in [5.41, 5.74) is 5.84. The Bertz CT molecular complexity index is 707. The number of likely N-dealkylation sites (tertiary alicyclic amines) is 1. The van der Waals surface area contributed by atoms with E-state index in [0.29, 0.717) is 42.3 Å². The molecular formula is C16H21N5O3. The van der Waals surface area contributed by atoms with Gasteiger partial charge in [0, 0.05) is 19.5 Å². The molecule has 2 aliphatic heterocycles. The van der Waals surface area contributed by atoms with Crippen molar-refractivity contribution in [3.05, 3.63) is 11.8 Å². The summed E-state index contributed by atoms with van der Waals surface area (Å²) >= 11 is 0. The average molecular weight is 331 g/mol. The first-order valence-electron chi connectivity index (χ1n) is 7.88. The smallest absolute Gasteiger partial charge is 0.410 e. The topological polar surface area (TPSA) is 114 Å². The van der Waals surface area contributed by atoms with Gasteiger partial charge in [-0.2, -0.15) is 5.26 Å². The average Bonchev–Trinajstić information content (AvgIpc) is 2.51. The van der Waals surface area contributed by atoms with E-state index in [1.54, 1.807) is 4.90 Å². The summed E-state index contributed by atoms with van der Waals surface area (Å²) in [6.07, 6.45) is 1.59. The molecule has 0 radical (unpaired) electrons. The van der Waals surface area contributed by atoms with E-state index < -0.39 is 5.60 Å². The summed E-state index contributed by atoms with van der Waals surface area (Å²) in [4.78, 5) is 18.1. The van der Waals surface area contributed by atoms with Gasteiger partial charge < -0.3 is 25.4 Å².